The molecule has 3 rings (SSSR count). The van der Waals surface area contributed by atoms with Gasteiger partial charge in [-0.15, -0.1) is 0 Å². The molecule has 0 aliphatic heterocycles. The van der Waals surface area contributed by atoms with Crippen LogP contribution in [0.15, 0.2) is 71.6 Å². The smallest absolute Gasteiger partial charge is 0.264 e. The molecule has 0 aliphatic rings. The predicted molar refractivity (Wildman–Crippen MR) is 162 cm³/mol. The van der Waals surface area contributed by atoms with Crippen molar-refractivity contribution in [3.05, 3.63) is 92.9 Å². The molecule has 214 valence electrons. The van der Waals surface area contributed by atoms with Gasteiger partial charge in [-0.1, -0.05) is 70.7 Å². The zero-order valence-electron chi connectivity index (χ0n) is 22.9. The number of amides is 2. The van der Waals surface area contributed by atoms with Crippen LogP contribution in [0, 0.1) is 6.92 Å². The minimum atomic E-state index is -4.25. The Hall–Kier alpha value is -2.78. The van der Waals surface area contributed by atoms with Crippen LogP contribution in [0.1, 0.15) is 38.8 Å². The van der Waals surface area contributed by atoms with Gasteiger partial charge in [0.05, 0.1) is 10.6 Å². The Morgan fingerprint density at radius 3 is 2.05 bits per heavy atom. The van der Waals surface area contributed by atoms with Gasteiger partial charge in [-0.05, 0) is 76.6 Å². The highest BCUT2D eigenvalue weighted by atomic mass is 35.5. The lowest BCUT2D eigenvalue weighted by Gasteiger charge is -2.33. The minimum Gasteiger partial charge on any atom is -0.350 e. The van der Waals surface area contributed by atoms with E-state index in [0.717, 1.165) is 9.87 Å². The Kier molecular flexibility index (Phi) is 10.2. The second-order valence-corrected chi connectivity index (χ2v) is 13.6. The fourth-order valence-electron chi connectivity index (χ4n) is 3.92. The van der Waals surface area contributed by atoms with E-state index in [1.807, 2.05) is 27.7 Å². The van der Waals surface area contributed by atoms with E-state index in [1.54, 1.807) is 43.3 Å². The number of halogens is 3. The van der Waals surface area contributed by atoms with Crippen LogP contribution in [0.4, 0.5) is 5.69 Å². The standard InChI is InChI=1S/C29H32Cl3N3O4S/c1-19-10-12-25(13-11-19)40(38,39)35(24-15-22(30)14-23(31)16-24)18-27(36)34(17-21-8-6-7-9-26(21)32)20(2)28(37)33-29(3,4)5/h6-16,20H,17-18H2,1-5H3,(H,33,37)/t20-/m1/s1. The molecular formula is C29H32Cl3N3O4S. The topological polar surface area (TPSA) is 86.8 Å². The molecule has 7 nitrogen and oxygen atoms in total. The van der Waals surface area contributed by atoms with E-state index in [4.69, 9.17) is 34.8 Å². The SMILES string of the molecule is Cc1ccc(S(=O)(=O)N(CC(=O)N(Cc2ccccc2Cl)[C@H](C)C(=O)NC(C)(C)C)c2cc(Cl)cc(Cl)c2)cc1. The molecule has 0 saturated carbocycles. The lowest BCUT2D eigenvalue weighted by Crippen LogP contribution is -2.54. The summed E-state index contributed by atoms with van der Waals surface area (Å²) in [5, 5.41) is 3.69. The Labute approximate surface area is 251 Å². The van der Waals surface area contributed by atoms with Gasteiger partial charge in [0.25, 0.3) is 10.0 Å². The first-order valence-corrected chi connectivity index (χ1v) is 15.1. The normalized spacial score (nSPS) is 12.5. The molecule has 3 aromatic carbocycles. The van der Waals surface area contributed by atoms with Gasteiger partial charge in [0.2, 0.25) is 11.8 Å². The quantitative estimate of drug-likeness (QED) is 0.295. The van der Waals surface area contributed by atoms with Crippen LogP contribution in [0.25, 0.3) is 0 Å². The maximum Gasteiger partial charge on any atom is 0.264 e. The Morgan fingerprint density at radius 2 is 1.50 bits per heavy atom. The van der Waals surface area contributed by atoms with Crippen molar-refractivity contribution in [3.8, 4) is 0 Å². The van der Waals surface area contributed by atoms with E-state index in [0.29, 0.717) is 10.6 Å². The van der Waals surface area contributed by atoms with Crippen molar-refractivity contribution in [2.45, 2.75) is 57.6 Å². The van der Waals surface area contributed by atoms with Gasteiger partial charge in [0, 0.05) is 27.2 Å². The molecule has 40 heavy (non-hydrogen) atoms. The van der Waals surface area contributed by atoms with Crippen LogP contribution in [-0.2, 0) is 26.2 Å². The number of anilines is 1. The van der Waals surface area contributed by atoms with Crippen LogP contribution in [-0.4, -0.2) is 43.3 Å². The van der Waals surface area contributed by atoms with Gasteiger partial charge in [0.15, 0.2) is 0 Å². The summed E-state index contributed by atoms with van der Waals surface area (Å²) in [5.41, 5.74) is 1.03. The zero-order chi connectivity index (χ0) is 29.8. The predicted octanol–water partition coefficient (Wildman–Crippen LogP) is 6.48. The third kappa shape index (κ3) is 8.13. The maximum absolute atomic E-state index is 14.0. The lowest BCUT2D eigenvalue weighted by atomic mass is 10.1. The van der Waals surface area contributed by atoms with Gasteiger partial charge in [0.1, 0.15) is 12.6 Å². The van der Waals surface area contributed by atoms with Gasteiger partial charge in [-0.3, -0.25) is 13.9 Å². The van der Waals surface area contributed by atoms with E-state index in [9.17, 15) is 18.0 Å². The molecule has 0 aromatic heterocycles. The molecule has 1 N–H and O–H groups in total. The summed E-state index contributed by atoms with van der Waals surface area (Å²) in [6.45, 7) is 8.27. The fourth-order valence-corrected chi connectivity index (χ4v) is 6.02. The van der Waals surface area contributed by atoms with E-state index >= 15 is 0 Å². The molecule has 0 heterocycles. The van der Waals surface area contributed by atoms with Crippen molar-refractivity contribution >= 4 is 62.3 Å². The lowest BCUT2D eigenvalue weighted by molar-refractivity contribution is -0.140. The molecule has 0 radical (unpaired) electrons. The molecule has 0 saturated heterocycles. The van der Waals surface area contributed by atoms with Crippen LogP contribution in [0.5, 0.6) is 0 Å². The highest BCUT2D eigenvalue weighted by molar-refractivity contribution is 7.92. The molecule has 0 bridgehead atoms. The van der Waals surface area contributed by atoms with Crippen molar-refractivity contribution in [2.24, 2.45) is 0 Å². The molecule has 0 fully saturated rings. The van der Waals surface area contributed by atoms with Crippen LogP contribution in [0.3, 0.4) is 0 Å². The zero-order valence-corrected chi connectivity index (χ0v) is 26.0. The number of aryl methyl sites for hydroxylation is 1. The van der Waals surface area contributed by atoms with Crippen LogP contribution in [0.2, 0.25) is 15.1 Å². The average molecular weight is 625 g/mol. The monoisotopic (exact) mass is 623 g/mol. The van der Waals surface area contributed by atoms with Gasteiger partial charge in [-0.2, -0.15) is 0 Å². The second-order valence-electron chi connectivity index (χ2n) is 10.5. The molecule has 2 amide bonds. The Bertz CT molecular complexity index is 1470. The highest BCUT2D eigenvalue weighted by Crippen LogP contribution is 2.30. The van der Waals surface area contributed by atoms with Gasteiger partial charge in [-0.25, -0.2) is 8.42 Å². The first-order chi connectivity index (χ1) is 18.6. The number of sulfonamides is 1. The summed E-state index contributed by atoms with van der Waals surface area (Å²) in [6, 6.07) is 16.6. The third-order valence-electron chi connectivity index (χ3n) is 5.99. The highest BCUT2D eigenvalue weighted by Gasteiger charge is 2.34. The molecule has 0 unspecified atom stereocenters. The molecule has 11 heteroatoms. The number of hydrogen-bond acceptors (Lipinski definition) is 4. The number of hydrogen-bond donors (Lipinski definition) is 1. The summed E-state index contributed by atoms with van der Waals surface area (Å²) in [6.07, 6.45) is 0. The maximum atomic E-state index is 14.0. The Morgan fingerprint density at radius 1 is 0.925 bits per heavy atom. The summed E-state index contributed by atoms with van der Waals surface area (Å²) in [5.74, 6) is -1.02. The van der Waals surface area contributed by atoms with Crippen molar-refractivity contribution in [2.75, 3.05) is 10.8 Å². The summed E-state index contributed by atoms with van der Waals surface area (Å²) in [7, 11) is -4.25. The summed E-state index contributed by atoms with van der Waals surface area (Å²) < 4.78 is 28.7. The summed E-state index contributed by atoms with van der Waals surface area (Å²) in [4.78, 5) is 28.5. The van der Waals surface area contributed by atoms with Gasteiger partial charge >= 0.3 is 0 Å². The van der Waals surface area contributed by atoms with Crippen molar-refractivity contribution in [1.29, 1.82) is 0 Å². The third-order valence-corrected chi connectivity index (χ3v) is 8.58. The van der Waals surface area contributed by atoms with Crippen LogP contribution >= 0.6 is 34.8 Å². The number of rotatable bonds is 9. The fraction of sp³-hybridized carbons (Fsp3) is 0.310. The molecule has 0 spiro atoms. The first kappa shape index (κ1) is 31.7. The number of carbonyl (C=O) groups is 2. The van der Waals surface area contributed by atoms with Crippen LogP contribution < -0.4 is 9.62 Å². The van der Waals surface area contributed by atoms with Crippen molar-refractivity contribution in [1.82, 2.24) is 10.2 Å². The van der Waals surface area contributed by atoms with Gasteiger partial charge < -0.3 is 10.2 Å². The molecular weight excluding hydrogens is 593 g/mol. The van der Waals surface area contributed by atoms with E-state index in [1.165, 1.54) is 35.2 Å². The first-order valence-electron chi connectivity index (χ1n) is 12.5. The van der Waals surface area contributed by atoms with E-state index < -0.39 is 40.0 Å². The summed E-state index contributed by atoms with van der Waals surface area (Å²) >= 11 is 18.8. The van der Waals surface area contributed by atoms with Crippen molar-refractivity contribution in [3.63, 3.8) is 0 Å². The van der Waals surface area contributed by atoms with Crippen molar-refractivity contribution < 1.29 is 18.0 Å². The van der Waals surface area contributed by atoms with E-state index in [2.05, 4.69) is 5.32 Å². The number of nitrogens with one attached hydrogen (secondary N) is 1. The number of benzene rings is 3. The second kappa shape index (κ2) is 12.8. The largest absolute Gasteiger partial charge is 0.350 e. The molecule has 1 atom stereocenters. The Balaban J connectivity index is 2.08. The average Bonchev–Trinajstić information content (AvgIpc) is 2.84. The number of carbonyl (C=O) groups excluding carboxylic acids is 2. The minimum absolute atomic E-state index is 0.0156. The molecule has 0 aliphatic carbocycles. The number of nitrogens with zero attached hydrogens (tertiary/aromatic N) is 2. The molecule has 3 aromatic rings. The van der Waals surface area contributed by atoms with E-state index in [-0.39, 0.29) is 27.2 Å².